The van der Waals surface area contributed by atoms with E-state index in [0.29, 0.717) is 11.1 Å². The summed E-state index contributed by atoms with van der Waals surface area (Å²) in [5, 5.41) is 4.19. The molecule has 0 aliphatic carbocycles. The summed E-state index contributed by atoms with van der Waals surface area (Å²) in [6.07, 6.45) is -1.46. The van der Waals surface area contributed by atoms with Gasteiger partial charge in [0.05, 0.1) is 11.3 Å². The molecule has 1 unspecified atom stereocenters. The van der Waals surface area contributed by atoms with Crippen LogP contribution in [0.25, 0.3) is 0 Å². The summed E-state index contributed by atoms with van der Waals surface area (Å²) in [6.45, 7) is 10.3. The van der Waals surface area contributed by atoms with Gasteiger partial charge in [-0.2, -0.15) is 0 Å². The molecular formula is C19H29N3O6S. The zero-order valence-electron chi connectivity index (χ0n) is 17.8. The smallest absolute Gasteiger partial charge is 0.321 e. The van der Waals surface area contributed by atoms with Gasteiger partial charge in [0.2, 0.25) is 10.0 Å². The predicted octanol–water partition coefficient (Wildman–Crippen LogP) is 1.28. The van der Waals surface area contributed by atoms with Crippen LogP contribution in [0.5, 0.6) is 0 Å². The molecular weight excluding hydrogens is 398 g/mol. The molecule has 0 saturated heterocycles. The molecule has 10 heteroatoms. The van der Waals surface area contributed by atoms with Gasteiger partial charge in [0.25, 0.3) is 5.91 Å². The lowest BCUT2D eigenvalue weighted by molar-refractivity contribution is -0.154. The van der Waals surface area contributed by atoms with Crippen LogP contribution in [0.2, 0.25) is 0 Å². The van der Waals surface area contributed by atoms with E-state index in [4.69, 9.17) is 4.74 Å². The van der Waals surface area contributed by atoms with Crippen LogP contribution in [0.1, 0.15) is 41.2 Å². The highest BCUT2D eigenvalue weighted by atomic mass is 32.2. The van der Waals surface area contributed by atoms with Crippen molar-refractivity contribution < 1.29 is 27.5 Å². The third kappa shape index (κ3) is 6.01. The summed E-state index contributed by atoms with van der Waals surface area (Å²) in [5.41, 5.74) is 4.19. The topological polar surface area (TPSA) is 131 Å². The quantitative estimate of drug-likeness (QED) is 0.562. The monoisotopic (exact) mass is 427 g/mol. The largest absolute Gasteiger partial charge is 0.452 e. The third-order valence-electron chi connectivity index (χ3n) is 4.96. The van der Waals surface area contributed by atoms with Gasteiger partial charge in [-0.1, -0.05) is 0 Å². The Balaban J connectivity index is 2.76. The van der Waals surface area contributed by atoms with Gasteiger partial charge < -0.3 is 10.1 Å². The molecule has 1 aromatic carbocycles. The fourth-order valence-electron chi connectivity index (χ4n) is 2.81. The van der Waals surface area contributed by atoms with Crippen LogP contribution in [-0.2, 0) is 24.3 Å². The lowest BCUT2D eigenvalue weighted by Crippen LogP contribution is -2.43. The second kappa shape index (κ2) is 9.84. The van der Waals surface area contributed by atoms with Crippen molar-refractivity contribution in [2.24, 2.45) is 0 Å². The Hall–Kier alpha value is -2.46. The molecule has 0 radical (unpaired) electrons. The number of carbonyl (C=O) groups is 3. The van der Waals surface area contributed by atoms with Gasteiger partial charge in [-0.3, -0.25) is 14.9 Å². The number of nitrogens with one attached hydrogen (secondary N) is 3. The molecule has 1 atom stereocenters. The van der Waals surface area contributed by atoms with Gasteiger partial charge >= 0.3 is 12.0 Å². The molecule has 9 nitrogen and oxygen atoms in total. The first kappa shape index (κ1) is 24.6. The minimum absolute atomic E-state index is 0.185. The molecule has 162 valence electrons. The minimum atomic E-state index is -3.83. The highest BCUT2D eigenvalue weighted by Crippen LogP contribution is 2.29. The van der Waals surface area contributed by atoms with E-state index in [1.807, 2.05) is 26.1 Å². The highest BCUT2D eigenvalue weighted by Gasteiger charge is 2.24. The van der Waals surface area contributed by atoms with Gasteiger partial charge in [0.1, 0.15) is 0 Å². The van der Waals surface area contributed by atoms with E-state index < -0.39 is 34.0 Å². The Morgan fingerprint density at radius 3 is 1.90 bits per heavy atom. The summed E-state index contributed by atoms with van der Waals surface area (Å²) in [4.78, 5) is 34.9. The molecule has 29 heavy (non-hydrogen) atoms. The molecule has 0 heterocycles. The second-order valence-electron chi connectivity index (χ2n) is 6.80. The Labute approximate surface area is 171 Å². The molecule has 0 spiro atoms. The van der Waals surface area contributed by atoms with Crippen LogP contribution in [0.4, 0.5) is 4.79 Å². The van der Waals surface area contributed by atoms with Crippen LogP contribution in [0.15, 0.2) is 4.90 Å². The maximum absolute atomic E-state index is 12.8. The molecule has 0 aromatic heterocycles. The van der Waals surface area contributed by atoms with Gasteiger partial charge in [-0.25, -0.2) is 17.9 Å². The number of esters is 1. The van der Waals surface area contributed by atoms with Crippen LogP contribution in [0, 0.1) is 34.6 Å². The van der Waals surface area contributed by atoms with Crippen LogP contribution >= 0.6 is 0 Å². The second-order valence-corrected chi connectivity index (χ2v) is 8.51. The van der Waals surface area contributed by atoms with E-state index in [1.165, 1.54) is 14.0 Å². The standard InChI is InChI=1S/C19H29N3O6S/c1-10-11(2)13(4)17(14(5)12(10)3)29(26,27)21-9-8-16(23)28-15(6)18(24)22-19(25)20-7/h15,21H,8-9H2,1-7H3,(H2,20,22,24,25). The van der Waals surface area contributed by atoms with Crippen LogP contribution in [0.3, 0.4) is 0 Å². The fourth-order valence-corrected chi connectivity index (χ4v) is 4.44. The zero-order chi connectivity index (χ0) is 22.5. The van der Waals surface area contributed by atoms with E-state index in [1.54, 1.807) is 13.8 Å². The van der Waals surface area contributed by atoms with Gasteiger partial charge in [-0.05, 0) is 69.4 Å². The summed E-state index contributed by atoms with van der Waals surface area (Å²) in [7, 11) is -2.49. The number of sulfonamides is 1. The lowest BCUT2D eigenvalue weighted by atomic mass is 9.95. The van der Waals surface area contributed by atoms with Crippen LogP contribution in [-0.4, -0.2) is 46.0 Å². The van der Waals surface area contributed by atoms with Crippen LogP contribution < -0.4 is 15.4 Å². The maximum atomic E-state index is 12.8. The van der Waals surface area contributed by atoms with Crippen molar-refractivity contribution >= 4 is 27.9 Å². The summed E-state index contributed by atoms with van der Waals surface area (Å²) in [5.74, 6) is -1.55. The number of amides is 3. The van der Waals surface area contributed by atoms with Gasteiger partial charge in [-0.15, -0.1) is 0 Å². The minimum Gasteiger partial charge on any atom is -0.452 e. The van der Waals surface area contributed by atoms with Crippen molar-refractivity contribution in [3.05, 3.63) is 27.8 Å². The van der Waals surface area contributed by atoms with E-state index in [-0.39, 0.29) is 17.9 Å². The van der Waals surface area contributed by atoms with Crippen molar-refractivity contribution in [1.29, 1.82) is 0 Å². The van der Waals surface area contributed by atoms with Gasteiger partial charge in [0.15, 0.2) is 6.10 Å². The van der Waals surface area contributed by atoms with Gasteiger partial charge in [0, 0.05) is 13.6 Å². The summed E-state index contributed by atoms with van der Waals surface area (Å²) in [6, 6.07) is -0.722. The molecule has 0 fully saturated rings. The number of benzene rings is 1. The Kier molecular flexibility index (Phi) is 8.34. The summed E-state index contributed by atoms with van der Waals surface area (Å²) >= 11 is 0. The van der Waals surface area contributed by atoms with E-state index in [2.05, 4.69) is 10.0 Å². The first-order chi connectivity index (χ1) is 13.3. The van der Waals surface area contributed by atoms with Crippen molar-refractivity contribution in [1.82, 2.24) is 15.4 Å². The number of carbonyl (C=O) groups excluding carboxylic acids is 3. The zero-order valence-corrected chi connectivity index (χ0v) is 18.7. The Morgan fingerprint density at radius 1 is 0.931 bits per heavy atom. The molecule has 3 N–H and O–H groups in total. The molecule has 0 saturated carbocycles. The van der Waals surface area contributed by atoms with Crippen molar-refractivity contribution in [3.63, 3.8) is 0 Å². The normalized spacial score (nSPS) is 12.2. The first-order valence-electron chi connectivity index (χ1n) is 9.12. The average molecular weight is 428 g/mol. The number of imide groups is 1. The number of rotatable bonds is 7. The first-order valence-corrected chi connectivity index (χ1v) is 10.6. The Morgan fingerprint density at radius 2 is 1.41 bits per heavy atom. The van der Waals surface area contributed by atoms with E-state index in [9.17, 15) is 22.8 Å². The fraction of sp³-hybridized carbons (Fsp3) is 0.526. The number of hydrogen-bond donors (Lipinski definition) is 3. The predicted molar refractivity (Wildman–Crippen MR) is 108 cm³/mol. The Bertz CT molecular complexity index is 895. The molecule has 3 amide bonds. The number of hydrogen-bond acceptors (Lipinski definition) is 6. The molecule has 1 rings (SSSR count). The average Bonchev–Trinajstić information content (AvgIpc) is 2.64. The van der Waals surface area contributed by atoms with Crippen molar-refractivity contribution in [3.8, 4) is 0 Å². The molecule has 1 aromatic rings. The van der Waals surface area contributed by atoms with Crippen molar-refractivity contribution in [2.75, 3.05) is 13.6 Å². The number of urea groups is 1. The van der Waals surface area contributed by atoms with E-state index in [0.717, 1.165) is 16.7 Å². The van der Waals surface area contributed by atoms with E-state index >= 15 is 0 Å². The highest BCUT2D eigenvalue weighted by molar-refractivity contribution is 7.89. The molecule has 0 aliphatic heterocycles. The molecule has 0 aliphatic rings. The SMILES string of the molecule is CNC(=O)NC(=O)C(C)OC(=O)CCNS(=O)(=O)c1c(C)c(C)c(C)c(C)c1C. The number of ether oxygens (including phenoxy) is 1. The lowest BCUT2D eigenvalue weighted by Gasteiger charge is -2.19. The summed E-state index contributed by atoms with van der Waals surface area (Å²) < 4.78 is 32.9. The van der Waals surface area contributed by atoms with Crippen molar-refractivity contribution in [2.45, 2.75) is 59.0 Å². The third-order valence-corrected chi connectivity index (χ3v) is 6.70. The molecule has 0 bridgehead atoms. The maximum Gasteiger partial charge on any atom is 0.321 e.